The fraction of sp³-hybridized carbons (Fsp3) is 0.467. The zero-order valence-electron chi connectivity index (χ0n) is 13.0. The number of ether oxygens (including phenoxy) is 2. The predicted octanol–water partition coefficient (Wildman–Crippen LogP) is 2.61. The van der Waals surface area contributed by atoms with Gasteiger partial charge < -0.3 is 19.9 Å². The third-order valence-corrected chi connectivity index (χ3v) is 3.18. The molecule has 1 atom stereocenters. The molecule has 0 radical (unpaired) electrons. The highest BCUT2D eigenvalue weighted by Crippen LogP contribution is 2.19. The van der Waals surface area contributed by atoms with Crippen LogP contribution in [0.5, 0.6) is 5.75 Å². The molecule has 0 saturated carbocycles. The maximum atomic E-state index is 11.8. The van der Waals surface area contributed by atoms with Gasteiger partial charge in [-0.05, 0) is 67.1 Å². The fourth-order valence-corrected chi connectivity index (χ4v) is 2.49. The molecule has 2 N–H and O–H groups in total. The molecule has 1 rings (SSSR count). The third kappa shape index (κ3) is 6.50. The monoisotopic (exact) mass is 421 g/mol. The largest absolute Gasteiger partial charge is 0.508 e. The Bertz CT molecular complexity index is 533. The summed E-state index contributed by atoms with van der Waals surface area (Å²) in [5.74, 6) is -0.480. The van der Waals surface area contributed by atoms with Crippen LogP contribution in [-0.4, -0.2) is 35.9 Å². The van der Waals surface area contributed by atoms with Gasteiger partial charge in [-0.3, -0.25) is 0 Å². The Morgan fingerprint density at radius 3 is 2.45 bits per heavy atom. The number of carbonyl (C=O) groups excluding carboxylic acids is 2. The number of hydrogen-bond acceptors (Lipinski definition) is 5. The lowest BCUT2D eigenvalue weighted by molar-refractivity contribution is -0.143. The van der Waals surface area contributed by atoms with E-state index in [1.165, 1.54) is 13.2 Å². The summed E-state index contributed by atoms with van der Waals surface area (Å²) in [7, 11) is 1.25. The summed E-state index contributed by atoms with van der Waals surface area (Å²) in [6.45, 7) is 5.20. The van der Waals surface area contributed by atoms with Crippen LogP contribution < -0.4 is 5.32 Å². The normalized spacial score (nSPS) is 12.4. The molecule has 0 unspecified atom stereocenters. The van der Waals surface area contributed by atoms with E-state index >= 15 is 0 Å². The molecule has 0 bridgehead atoms. The highest BCUT2D eigenvalue weighted by atomic mass is 127. The predicted molar refractivity (Wildman–Crippen MR) is 89.7 cm³/mol. The van der Waals surface area contributed by atoms with Crippen LogP contribution in [0.2, 0.25) is 0 Å². The van der Waals surface area contributed by atoms with E-state index in [0.29, 0.717) is 5.56 Å². The molecular formula is C15H20INO5. The molecule has 1 amide bonds. The zero-order valence-corrected chi connectivity index (χ0v) is 15.1. The Morgan fingerprint density at radius 1 is 1.32 bits per heavy atom. The number of alkyl carbamates (subject to hydrolysis) is 1. The number of nitrogens with one attached hydrogen (secondary N) is 1. The second kappa shape index (κ2) is 7.66. The van der Waals surface area contributed by atoms with Gasteiger partial charge in [-0.1, -0.05) is 0 Å². The molecular weight excluding hydrogens is 401 g/mol. The Hall–Kier alpha value is -1.51. The zero-order chi connectivity index (χ0) is 16.9. The topological polar surface area (TPSA) is 84.9 Å². The van der Waals surface area contributed by atoms with Crippen LogP contribution in [0.4, 0.5) is 4.79 Å². The van der Waals surface area contributed by atoms with E-state index in [1.807, 2.05) is 6.07 Å². The van der Waals surface area contributed by atoms with Crippen molar-refractivity contribution in [1.29, 1.82) is 0 Å². The van der Waals surface area contributed by atoms with Crippen LogP contribution in [-0.2, 0) is 20.7 Å². The molecule has 0 fully saturated rings. The van der Waals surface area contributed by atoms with E-state index in [1.54, 1.807) is 26.8 Å². The number of aromatic hydroxyl groups is 1. The van der Waals surface area contributed by atoms with Crippen molar-refractivity contribution in [3.05, 3.63) is 27.3 Å². The SMILES string of the molecule is COC(=O)[C@H](Cc1cc(O)cc(I)c1)NC(=O)OC(C)(C)C. The standard InChI is InChI=1S/C15H20INO5/c1-15(2,3)22-14(20)17-12(13(19)21-4)7-9-5-10(16)8-11(18)6-9/h5-6,8,12,18H,7H2,1-4H3,(H,17,20)/t12-/m0/s1. The van der Waals surface area contributed by atoms with Crippen molar-refractivity contribution in [2.24, 2.45) is 0 Å². The number of phenols is 1. The van der Waals surface area contributed by atoms with Gasteiger partial charge in [0, 0.05) is 9.99 Å². The summed E-state index contributed by atoms with van der Waals surface area (Å²) in [5.41, 5.74) is 0.0429. The smallest absolute Gasteiger partial charge is 0.408 e. The number of phenolic OH excluding ortho intramolecular Hbond substituents is 1. The Kier molecular flexibility index (Phi) is 6.46. The van der Waals surface area contributed by atoms with Crippen LogP contribution >= 0.6 is 22.6 Å². The van der Waals surface area contributed by atoms with Gasteiger partial charge in [-0.25, -0.2) is 9.59 Å². The van der Waals surface area contributed by atoms with E-state index in [4.69, 9.17) is 9.47 Å². The van der Waals surface area contributed by atoms with Crippen molar-refractivity contribution < 1.29 is 24.2 Å². The number of rotatable bonds is 4. The molecule has 0 aliphatic carbocycles. The average molecular weight is 421 g/mol. The minimum absolute atomic E-state index is 0.0998. The molecule has 0 heterocycles. The van der Waals surface area contributed by atoms with Gasteiger partial charge in [-0.15, -0.1) is 0 Å². The summed E-state index contributed by atoms with van der Waals surface area (Å²) < 4.78 is 10.7. The lowest BCUT2D eigenvalue weighted by atomic mass is 10.1. The van der Waals surface area contributed by atoms with E-state index in [2.05, 4.69) is 27.9 Å². The first kappa shape index (κ1) is 18.5. The number of halogens is 1. The van der Waals surface area contributed by atoms with E-state index in [9.17, 15) is 14.7 Å². The number of methoxy groups -OCH3 is 1. The molecule has 122 valence electrons. The molecule has 1 aromatic rings. The van der Waals surface area contributed by atoms with Gasteiger partial charge in [0.1, 0.15) is 17.4 Å². The number of esters is 1. The first-order valence-electron chi connectivity index (χ1n) is 6.66. The molecule has 0 aliphatic rings. The number of benzene rings is 1. The molecule has 7 heteroatoms. The van der Waals surface area contributed by atoms with Gasteiger partial charge in [0.05, 0.1) is 7.11 Å². The molecule has 0 aromatic heterocycles. The van der Waals surface area contributed by atoms with E-state index in [0.717, 1.165) is 3.57 Å². The van der Waals surface area contributed by atoms with Crippen molar-refractivity contribution in [2.75, 3.05) is 7.11 Å². The van der Waals surface area contributed by atoms with E-state index < -0.39 is 23.7 Å². The molecule has 1 aromatic carbocycles. The third-order valence-electron chi connectivity index (χ3n) is 2.56. The highest BCUT2D eigenvalue weighted by Gasteiger charge is 2.25. The summed E-state index contributed by atoms with van der Waals surface area (Å²) in [5, 5.41) is 12.1. The molecule has 0 aliphatic heterocycles. The summed E-state index contributed by atoms with van der Waals surface area (Å²) in [6.07, 6.45) is -0.506. The lowest BCUT2D eigenvalue weighted by Crippen LogP contribution is -2.45. The molecule has 22 heavy (non-hydrogen) atoms. The molecule has 6 nitrogen and oxygen atoms in total. The molecule has 0 saturated heterocycles. The first-order valence-corrected chi connectivity index (χ1v) is 7.74. The quantitative estimate of drug-likeness (QED) is 0.577. The Labute approximate surface area is 143 Å². The van der Waals surface area contributed by atoms with Crippen LogP contribution in [0.3, 0.4) is 0 Å². The second-order valence-electron chi connectivity index (χ2n) is 5.74. The highest BCUT2D eigenvalue weighted by molar-refractivity contribution is 14.1. The maximum absolute atomic E-state index is 11.8. The Balaban J connectivity index is 2.85. The van der Waals surface area contributed by atoms with Crippen LogP contribution in [0, 0.1) is 3.57 Å². The van der Waals surface area contributed by atoms with Crippen molar-refractivity contribution in [3.8, 4) is 5.75 Å². The van der Waals surface area contributed by atoms with Crippen molar-refractivity contribution in [3.63, 3.8) is 0 Å². The minimum Gasteiger partial charge on any atom is -0.508 e. The van der Waals surface area contributed by atoms with Crippen molar-refractivity contribution >= 4 is 34.7 Å². The lowest BCUT2D eigenvalue weighted by Gasteiger charge is -2.22. The Morgan fingerprint density at radius 2 is 1.95 bits per heavy atom. The van der Waals surface area contributed by atoms with Gasteiger partial charge >= 0.3 is 12.1 Å². The molecule has 0 spiro atoms. The maximum Gasteiger partial charge on any atom is 0.408 e. The first-order chi connectivity index (χ1) is 10.1. The van der Waals surface area contributed by atoms with Gasteiger partial charge in [0.25, 0.3) is 0 Å². The van der Waals surface area contributed by atoms with Crippen molar-refractivity contribution in [2.45, 2.75) is 38.8 Å². The second-order valence-corrected chi connectivity index (χ2v) is 6.99. The average Bonchev–Trinajstić information content (AvgIpc) is 2.33. The minimum atomic E-state index is -0.891. The van der Waals surface area contributed by atoms with Gasteiger partial charge in [-0.2, -0.15) is 0 Å². The van der Waals surface area contributed by atoms with Crippen LogP contribution in [0.25, 0.3) is 0 Å². The summed E-state index contributed by atoms with van der Waals surface area (Å²) in [6, 6.07) is 4.05. The van der Waals surface area contributed by atoms with Crippen LogP contribution in [0.15, 0.2) is 18.2 Å². The summed E-state index contributed by atoms with van der Waals surface area (Å²) >= 11 is 2.06. The van der Waals surface area contributed by atoms with E-state index in [-0.39, 0.29) is 12.2 Å². The van der Waals surface area contributed by atoms with Gasteiger partial charge in [0.2, 0.25) is 0 Å². The van der Waals surface area contributed by atoms with Crippen molar-refractivity contribution in [1.82, 2.24) is 5.32 Å². The number of amides is 1. The number of carbonyl (C=O) groups is 2. The van der Waals surface area contributed by atoms with Gasteiger partial charge in [0.15, 0.2) is 0 Å². The summed E-state index contributed by atoms with van der Waals surface area (Å²) in [4.78, 5) is 23.7. The number of hydrogen-bond donors (Lipinski definition) is 2. The van der Waals surface area contributed by atoms with Crippen LogP contribution in [0.1, 0.15) is 26.3 Å². The fourth-order valence-electron chi connectivity index (χ4n) is 1.77.